The number of Topliss-reactive ketones (excluding diaryl/α,β-unsaturated/α-hetero) is 1. The number of hydrogen-bond donors (Lipinski definition) is 0. The van der Waals surface area contributed by atoms with E-state index in [0.29, 0.717) is 12.3 Å². The van der Waals surface area contributed by atoms with Crippen LogP contribution in [0.2, 0.25) is 0 Å². The number of nitrogens with zero attached hydrogens (tertiary/aromatic N) is 2. The number of unbranched alkanes of at least 4 members (excludes halogenated alkanes) is 14. The Morgan fingerprint density at radius 2 is 1.02 bits per heavy atom. The van der Waals surface area contributed by atoms with E-state index in [0.717, 1.165) is 6.42 Å². The minimum absolute atomic E-state index is 0.0762. The van der Waals surface area contributed by atoms with Crippen LogP contribution in [0.3, 0.4) is 0 Å². The summed E-state index contributed by atoms with van der Waals surface area (Å²) < 4.78 is 2.07. The van der Waals surface area contributed by atoms with Crippen molar-refractivity contribution in [3.63, 3.8) is 0 Å². The van der Waals surface area contributed by atoms with Gasteiger partial charge in [-0.15, -0.1) is 0 Å². The van der Waals surface area contributed by atoms with Gasteiger partial charge in [-0.1, -0.05) is 171 Å². The summed E-state index contributed by atoms with van der Waals surface area (Å²) >= 11 is 0. The fourth-order valence-corrected chi connectivity index (χ4v) is 6.81. The summed E-state index contributed by atoms with van der Waals surface area (Å²) in [6.45, 7) is 19.0. The molecule has 0 radical (unpaired) electrons. The maximum atomic E-state index is 13.1. The first-order chi connectivity index (χ1) is 20.2. The summed E-state index contributed by atoms with van der Waals surface area (Å²) in [5.41, 5.74) is 3.03. The molecule has 0 aliphatic heterocycles. The van der Waals surface area contributed by atoms with Crippen molar-refractivity contribution in [1.29, 1.82) is 0 Å². The van der Waals surface area contributed by atoms with Crippen LogP contribution in [0.4, 0.5) is 0 Å². The highest BCUT2D eigenvalue weighted by Gasteiger charge is 2.38. The fraction of sp³-hybridized carbons (Fsp3) is 0.897. The summed E-state index contributed by atoms with van der Waals surface area (Å²) in [6.07, 6.45) is 31.8. The third-order valence-corrected chi connectivity index (χ3v) is 10.3. The molecule has 0 bridgehead atoms. The maximum Gasteiger partial charge on any atom is 0.157 e. The van der Waals surface area contributed by atoms with Crippen molar-refractivity contribution < 1.29 is 4.79 Å². The average molecular weight is 587 g/mol. The molecule has 0 saturated carbocycles. The largest absolute Gasteiger partial charge is 0.297 e. The van der Waals surface area contributed by atoms with Crippen LogP contribution in [0.15, 0.2) is 6.20 Å². The molecule has 0 spiro atoms. The van der Waals surface area contributed by atoms with Gasteiger partial charge in [0, 0.05) is 17.5 Å². The van der Waals surface area contributed by atoms with E-state index in [4.69, 9.17) is 5.10 Å². The molecule has 1 heterocycles. The standard InChI is InChI=1S/C39H74N2O/c1-9-14-18-22-26-29-38(7,28-24-20-16-11-3)35-32-41(33-36(42)34(6)13-5)40-37(35)39(8,30-25-21-17-12-4)31-27-23-19-15-10-2/h32,34H,9-31,33H2,1-8H3. The highest BCUT2D eigenvalue weighted by molar-refractivity contribution is 5.80. The number of carbonyl (C=O) groups excluding carboxylic acids is 1. The number of ketones is 1. The molecule has 0 N–H and O–H groups in total. The Morgan fingerprint density at radius 1 is 0.643 bits per heavy atom. The second-order valence-electron chi connectivity index (χ2n) is 14.4. The molecule has 0 fully saturated rings. The van der Waals surface area contributed by atoms with Crippen LogP contribution in [0.5, 0.6) is 0 Å². The first kappa shape index (κ1) is 38.9. The lowest BCUT2D eigenvalue weighted by atomic mass is 9.68. The lowest BCUT2D eigenvalue weighted by molar-refractivity contribution is -0.123. The normalized spacial score (nSPS) is 15.4. The molecule has 0 saturated heterocycles. The molecule has 0 aromatic carbocycles. The molecule has 0 amide bonds. The number of hydrogen-bond acceptors (Lipinski definition) is 2. The van der Waals surface area contributed by atoms with Gasteiger partial charge in [0.05, 0.1) is 12.2 Å². The Hall–Kier alpha value is -1.12. The van der Waals surface area contributed by atoms with Crippen LogP contribution in [-0.2, 0) is 22.2 Å². The summed E-state index contributed by atoms with van der Waals surface area (Å²) in [7, 11) is 0. The van der Waals surface area contributed by atoms with Crippen molar-refractivity contribution in [3.05, 3.63) is 17.5 Å². The number of rotatable bonds is 28. The van der Waals surface area contributed by atoms with Crippen molar-refractivity contribution in [3.8, 4) is 0 Å². The first-order valence-electron chi connectivity index (χ1n) is 18.8. The van der Waals surface area contributed by atoms with E-state index >= 15 is 0 Å². The van der Waals surface area contributed by atoms with Crippen LogP contribution in [0.25, 0.3) is 0 Å². The van der Waals surface area contributed by atoms with E-state index in [1.807, 2.05) is 0 Å². The number of carbonyl (C=O) groups is 1. The predicted octanol–water partition coefficient (Wildman–Crippen LogP) is 12.7. The van der Waals surface area contributed by atoms with Gasteiger partial charge in [0.15, 0.2) is 5.78 Å². The summed E-state index contributed by atoms with van der Waals surface area (Å²) in [6, 6.07) is 0. The van der Waals surface area contributed by atoms with Gasteiger partial charge < -0.3 is 0 Å². The van der Waals surface area contributed by atoms with Crippen LogP contribution in [0, 0.1) is 5.92 Å². The summed E-state index contributed by atoms with van der Waals surface area (Å²) in [4.78, 5) is 13.1. The zero-order valence-electron chi connectivity index (χ0n) is 29.9. The Balaban J connectivity index is 3.52. The van der Waals surface area contributed by atoms with E-state index in [-0.39, 0.29) is 16.7 Å². The predicted molar refractivity (Wildman–Crippen MR) is 186 cm³/mol. The molecular formula is C39H74N2O. The topological polar surface area (TPSA) is 34.9 Å². The Bertz CT molecular complexity index is 760. The highest BCUT2D eigenvalue weighted by Crippen LogP contribution is 2.44. The van der Waals surface area contributed by atoms with Gasteiger partial charge in [0.25, 0.3) is 0 Å². The first-order valence-corrected chi connectivity index (χ1v) is 18.8. The maximum absolute atomic E-state index is 13.1. The lowest BCUT2D eigenvalue weighted by Crippen LogP contribution is -2.30. The van der Waals surface area contributed by atoms with Crippen molar-refractivity contribution in [2.75, 3.05) is 0 Å². The molecule has 3 heteroatoms. The van der Waals surface area contributed by atoms with E-state index in [2.05, 4.69) is 66.3 Å². The molecule has 3 unspecified atom stereocenters. The molecule has 42 heavy (non-hydrogen) atoms. The van der Waals surface area contributed by atoms with Crippen molar-refractivity contribution in [2.45, 2.75) is 220 Å². The van der Waals surface area contributed by atoms with E-state index in [1.165, 1.54) is 153 Å². The van der Waals surface area contributed by atoms with Crippen molar-refractivity contribution in [1.82, 2.24) is 9.78 Å². The van der Waals surface area contributed by atoms with Gasteiger partial charge >= 0.3 is 0 Å². The summed E-state index contributed by atoms with van der Waals surface area (Å²) in [5, 5.41) is 5.42. The van der Waals surface area contributed by atoms with Gasteiger partial charge in [0.1, 0.15) is 0 Å². The molecule has 3 nitrogen and oxygen atoms in total. The molecular weight excluding hydrogens is 512 g/mol. The number of aromatic nitrogens is 2. The zero-order valence-corrected chi connectivity index (χ0v) is 29.9. The minimum atomic E-state index is 0.0762. The van der Waals surface area contributed by atoms with Crippen molar-refractivity contribution >= 4 is 5.78 Å². The van der Waals surface area contributed by atoms with Crippen LogP contribution >= 0.6 is 0 Å². The fourth-order valence-electron chi connectivity index (χ4n) is 6.81. The van der Waals surface area contributed by atoms with Gasteiger partial charge in [0.2, 0.25) is 0 Å². The van der Waals surface area contributed by atoms with E-state index in [9.17, 15) is 4.79 Å². The smallest absolute Gasteiger partial charge is 0.157 e. The van der Waals surface area contributed by atoms with Gasteiger partial charge in [-0.3, -0.25) is 9.48 Å². The summed E-state index contributed by atoms with van der Waals surface area (Å²) in [5.74, 6) is 0.422. The SMILES string of the molecule is CCCCCCCC(C)(CCCCCC)c1cn(CC(=O)C(C)CC)nc1C(C)(CCCCCC)CCCCCCC. The second-order valence-corrected chi connectivity index (χ2v) is 14.4. The Kier molecular flexibility index (Phi) is 20.7. The molecule has 0 aliphatic rings. The zero-order chi connectivity index (χ0) is 31.3. The van der Waals surface area contributed by atoms with Crippen molar-refractivity contribution in [2.24, 2.45) is 5.92 Å². The van der Waals surface area contributed by atoms with Gasteiger partial charge in [-0.2, -0.15) is 5.10 Å². The molecule has 1 aromatic rings. The Morgan fingerprint density at radius 3 is 1.43 bits per heavy atom. The lowest BCUT2D eigenvalue weighted by Gasteiger charge is -2.36. The monoisotopic (exact) mass is 587 g/mol. The van der Waals surface area contributed by atoms with E-state index in [1.54, 1.807) is 0 Å². The molecule has 0 aliphatic carbocycles. The Labute approximate surface area is 263 Å². The van der Waals surface area contributed by atoms with E-state index < -0.39 is 0 Å². The van der Waals surface area contributed by atoms with Gasteiger partial charge in [-0.25, -0.2) is 0 Å². The average Bonchev–Trinajstić information content (AvgIpc) is 3.42. The van der Waals surface area contributed by atoms with Crippen LogP contribution < -0.4 is 0 Å². The molecule has 1 aromatic heterocycles. The molecule has 246 valence electrons. The molecule has 1 rings (SSSR count). The third-order valence-electron chi connectivity index (χ3n) is 10.3. The second kappa shape index (κ2) is 22.4. The van der Waals surface area contributed by atoms with Crippen LogP contribution in [-0.4, -0.2) is 15.6 Å². The third kappa shape index (κ3) is 14.1. The minimum Gasteiger partial charge on any atom is -0.297 e. The quantitative estimate of drug-likeness (QED) is 0.0915. The van der Waals surface area contributed by atoms with Gasteiger partial charge in [-0.05, 0) is 43.1 Å². The highest BCUT2D eigenvalue weighted by atomic mass is 16.1. The molecule has 3 atom stereocenters. The van der Waals surface area contributed by atoms with Crippen LogP contribution in [0.1, 0.15) is 214 Å².